The Hall–Kier alpha value is -9.16. The number of hydrogen-bond donors (Lipinski definition) is 0. The molecule has 1 saturated heterocycles. The predicted molar refractivity (Wildman–Crippen MR) is 379 cm³/mol. The fraction of sp³-hybridized carbons (Fsp3) is 0.0833. The van der Waals surface area contributed by atoms with Crippen LogP contribution in [0.15, 0.2) is 236 Å². The molecule has 0 unspecified atom stereocenters. The minimum atomic E-state index is -0.381. The highest BCUT2D eigenvalue weighted by molar-refractivity contribution is 8.07. The van der Waals surface area contributed by atoms with Crippen molar-refractivity contribution in [2.75, 3.05) is 0 Å². The van der Waals surface area contributed by atoms with Crippen LogP contribution in [0, 0.1) is 0 Å². The molecule has 0 bridgehead atoms. The van der Waals surface area contributed by atoms with Crippen LogP contribution < -0.4 is 5.46 Å². The summed E-state index contributed by atoms with van der Waals surface area (Å²) >= 11 is 26.1. The molecule has 4 radical (unpaired) electrons. The molecule has 0 spiro atoms. The topological polar surface area (TPSA) is 148 Å². The fourth-order valence-electron chi connectivity index (χ4n) is 11.1. The number of nitrogens with zero attached hydrogens (tertiary/aromatic N) is 6. The maximum absolute atomic E-state index is 6.40. The third-order valence-electron chi connectivity index (χ3n) is 16.3. The third-order valence-corrected chi connectivity index (χ3v) is 17.1. The molecule has 0 aliphatic carbocycles. The Bertz CT molecular complexity index is 5410. The summed E-state index contributed by atoms with van der Waals surface area (Å²) in [6.45, 7) is 8.22. The number of halogens is 3. The number of benzene rings is 10. The van der Waals surface area contributed by atoms with Crippen LogP contribution in [0.2, 0.25) is 15.3 Å². The van der Waals surface area contributed by atoms with Gasteiger partial charge < -0.3 is 27.0 Å². The Morgan fingerprint density at radius 1 is 0.326 bits per heavy atom. The minimum Gasteiger partial charge on any atom is -0.456 e. The summed E-state index contributed by atoms with van der Waals surface area (Å²) in [4.78, 5) is 27.8. The molecule has 16 aromatic rings. The molecular formula is C72H48B3Cl3N6O6S2. The summed E-state index contributed by atoms with van der Waals surface area (Å²) in [5, 5.41) is 9.60. The van der Waals surface area contributed by atoms with E-state index in [2.05, 4.69) is 98.7 Å². The highest BCUT2D eigenvalue weighted by atomic mass is 35.5. The average molecular weight is 1300 g/mol. The van der Waals surface area contributed by atoms with Crippen LogP contribution in [-0.2, 0) is 31.7 Å². The average Bonchev–Trinajstić information content (AvgIpc) is 1.60. The van der Waals surface area contributed by atoms with Crippen molar-refractivity contribution in [2.24, 2.45) is 0 Å². The van der Waals surface area contributed by atoms with Gasteiger partial charge >= 0.3 is 7.12 Å². The second kappa shape index (κ2) is 25.9. The summed E-state index contributed by atoms with van der Waals surface area (Å²) in [7, 11) is 7.62. The zero-order valence-corrected chi connectivity index (χ0v) is 53.5. The first-order chi connectivity index (χ1) is 44.8. The molecule has 17 rings (SSSR count). The van der Waals surface area contributed by atoms with Gasteiger partial charge in [0.25, 0.3) is 0 Å². The van der Waals surface area contributed by atoms with Gasteiger partial charge in [-0.1, -0.05) is 169 Å². The van der Waals surface area contributed by atoms with Gasteiger partial charge in [-0.25, -0.2) is 19.9 Å². The molecule has 1 fully saturated rings. The monoisotopic (exact) mass is 1290 g/mol. The Balaban J connectivity index is 0.000000128. The molecule has 444 valence electrons. The van der Waals surface area contributed by atoms with Crippen molar-refractivity contribution < 1.29 is 27.0 Å². The largest absolute Gasteiger partial charge is 0.494 e. The highest BCUT2D eigenvalue weighted by Crippen LogP contribution is 2.40. The van der Waals surface area contributed by atoms with Crippen LogP contribution in [0.25, 0.3) is 145 Å². The van der Waals surface area contributed by atoms with Crippen LogP contribution in [0.1, 0.15) is 27.7 Å². The van der Waals surface area contributed by atoms with Crippen molar-refractivity contribution in [3.05, 3.63) is 234 Å². The molecule has 0 saturated carbocycles. The summed E-state index contributed by atoms with van der Waals surface area (Å²) in [5.74, 6) is 2.81. The van der Waals surface area contributed by atoms with Gasteiger partial charge in [-0.2, -0.15) is 9.97 Å². The van der Waals surface area contributed by atoms with Gasteiger partial charge in [0.15, 0.2) is 40.3 Å². The first-order valence-electron chi connectivity index (χ1n) is 29.0. The number of hydrogen-bond acceptors (Lipinski definition) is 14. The van der Waals surface area contributed by atoms with Gasteiger partial charge in [-0.15, -0.1) is 0 Å². The van der Waals surface area contributed by atoms with Crippen molar-refractivity contribution >= 4 is 173 Å². The van der Waals surface area contributed by atoms with E-state index in [-0.39, 0.29) is 23.6 Å². The van der Waals surface area contributed by atoms with E-state index in [9.17, 15) is 0 Å². The normalized spacial score (nSPS) is 13.2. The lowest BCUT2D eigenvalue weighted by molar-refractivity contribution is 0.00578. The summed E-state index contributed by atoms with van der Waals surface area (Å²) in [6, 6.07) is 71.2. The molecule has 7 heterocycles. The van der Waals surface area contributed by atoms with Crippen molar-refractivity contribution in [3.63, 3.8) is 0 Å². The molecule has 0 N–H and O–H groups in total. The molecule has 0 amide bonds. The lowest BCUT2D eigenvalue weighted by atomic mass is 9.78. The van der Waals surface area contributed by atoms with Crippen LogP contribution >= 0.6 is 34.8 Å². The Kier molecular flexibility index (Phi) is 17.3. The number of rotatable bonds is 6. The van der Waals surface area contributed by atoms with E-state index in [0.717, 1.165) is 115 Å². The predicted octanol–water partition coefficient (Wildman–Crippen LogP) is 18.9. The summed E-state index contributed by atoms with van der Waals surface area (Å²) in [5.41, 5.74) is 10.9. The first-order valence-corrected chi connectivity index (χ1v) is 31.4. The highest BCUT2D eigenvalue weighted by Gasteiger charge is 2.51. The quantitative estimate of drug-likeness (QED) is 0.145. The van der Waals surface area contributed by atoms with E-state index in [0.29, 0.717) is 44.8 Å². The zero-order chi connectivity index (χ0) is 63.8. The standard InChI is InChI=1S/C33H18ClN3O2.C21H12ClN3O.C18H18BClO3.B2.S2/c34-26-11-6-10-24-25-17-20(14-16-28(25)39-30(24)26)32-35-31(19-7-2-1-3-8-19)36-33(37-32)21-13-15-23-22-9-4-5-12-27(22)38-29(23)18-21;22-21-24-19(13-6-2-1-3-7-13)23-20(25-21)14-10-11-16-15-8-4-5-9-17(15)26-18(16)12-14;1-17(2)18(3,4)23-19(22-17)11-8-9-15-13(10-11)12-6-5-7-14(20)16(12)21-15;2*1-2/h1-18H;1-12H;5-10H,1-4H3;;. The van der Waals surface area contributed by atoms with Crippen molar-refractivity contribution in [1.29, 1.82) is 0 Å². The van der Waals surface area contributed by atoms with E-state index in [1.165, 1.54) is 0 Å². The van der Waals surface area contributed by atoms with E-state index >= 15 is 0 Å². The van der Waals surface area contributed by atoms with Gasteiger partial charge in [0, 0.05) is 109 Å². The molecule has 1 aliphatic heterocycles. The van der Waals surface area contributed by atoms with Crippen molar-refractivity contribution in [3.8, 4) is 56.9 Å². The van der Waals surface area contributed by atoms with Crippen LogP contribution in [0.3, 0.4) is 0 Å². The zero-order valence-electron chi connectivity index (χ0n) is 49.6. The third kappa shape index (κ3) is 11.9. The van der Waals surface area contributed by atoms with Gasteiger partial charge in [0.05, 0.1) is 21.2 Å². The fourth-order valence-corrected chi connectivity index (χ4v) is 11.7. The minimum absolute atomic E-state index is 0.165. The van der Waals surface area contributed by atoms with E-state index in [1.54, 1.807) is 0 Å². The Labute approximate surface area is 555 Å². The van der Waals surface area contributed by atoms with Gasteiger partial charge in [-0.3, -0.25) is 0 Å². The second-order valence-electron chi connectivity index (χ2n) is 22.4. The number of para-hydroxylation sites is 4. The maximum atomic E-state index is 6.40. The van der Waals surface area contributed by atoms with Crippen molar-refractivity contribution in [2.45, 2.75) is 38.9 Å². The smallest absolute Gasteiger partial charge is 0.456 e. The van der Waals surface area contributed by atoms with E-state index in [1.807, 2.05) is 200 Å². The Morgan fingerprint density at radius 2 is 0.685 bits per heavy atom. The molecule has 0 atom stereocenters. The van der Waals surface area contributed by atoms with Gasteiger partial charge in [0.1, 0.15) is 33.5 Å². The maximum Gasteiger partial charge on any atom is 0.494 e. The Morgan fingerprint density at radius 3 is 1.17 bits per heavy atom. The summed E-state index contributed by atoms with van der Waals surface area (Å²) < 4.78 is 36.3. The molecule has 20 heteroatoms. The van der Waals surface area contributed by atoms with Gasteiger partial charge in [-0.05, 0) is 118 Å². The number of aromatic nitrogens is 6. The van der Waals surface area contributed by atoms with Crippen molar-refractivity contribution in [1.82, 2.24) is 29.9 Å². The van der Waals surface area contributed by atoms with E-state index < -0.39 is 0 Å². The molecule has 10 aromatic carbocycles. The lowest BCUT2D eigenvalue weighted by Gasteiger charge is -2.32. The molecule has 92 heavy (non-hydrogen) atoms. The van der Waals surface area contributed by atoms with Crippen LogP contribution in [0.4, 0.5) is 0 Å². The molecule has 12 nitrogen and oxygen atoms in total. The molecule has 6 aromatic heterocycles. The lowest BCUT2D eigenvalue weighted by Crippen LogP contribution is -2.41. The molecular weight excluding hydrogens is 1250 g/mol. The first kappa shape index (κ1) is 61.7. The van der Waals surface area contributed by atoms with Crippen LogP contribution in [0.5, 0.6) is 0 Å². The van der Waals surface area contributed by atoms with Gasteiger partial charge in [0.2, 0.25) is 5.28 Å². The van der Waals surface area contributed by atoms with E-state index in [4.69, 9.17) is 76.7 Å². The molecule has 1 aliphatic rings. The SMILES string of the molecule is CC1(C)OB(c2ccc3oc4c(Cl)cccc4c3c2)OC1(C)C.Clc1cccc2c1oc1ccc(-c3nc(-c4ccccc4)nc(-c4ccc5c(c4)oc4ccccc45)n3)cc12.Clc1nc(-c2ccccc2)nc(-c2ccc3c(c2)oc2ccccc23)n1.S=S.[B][B]. The summed E-state index contributed by atoms with van der Waals surface area (Å²) in [6.07, 6.45) is 0. The second-order valence-corrected chi connectivity index (χ2v) is 23.6. The van der Waals surface area contributed by atoms with Crippen LogP contribution in [-0.4, -0.2) is 63.7 Å². The number of furan rings is 4. The number of fused-ring (bicyclic) bond motifs is 12.